The van der Waals surface area contributed by atoms with Crippen molar-refractivity contribution in [1.29, 1.82) is 0 Å². The van der Waals surface area contributed by atoms with Gasteiger partial charge in [0.25, 0.3) is 0 Å². The lowest BCUT2D eigenvalue weighted by Gasteiger charge is -2.14. The van der Waals surface area contributed by atoms with Gasteiger partial charge in [-0.05, 0) is 5.59 Å². The molecule has 62 valence electrons. The number of aryl methyl sites for hydroxylation is 1. The Labute approximate surface area is 66.0 Å². The van der Waals surface area contributed by atoms with Crippen molar-refractivity contribution in [2.45, 2.75) is 0 Å². The number of rotatable bonds is 1. The Morgan fingerprint density at radius 2 is 2.09 bits per heavy atom. The summed E-state index contributed by atoms with van der Waals surface area (Å²) in [6, 6.07) is 0. The van der Waals surface area contributed by atoms with E-state index in [0.717, 1.165) is 10.9 Å². The molecule has 0 N–H and O–H groups in total. The van der Waals surface area contributed by atoms with Crippen LogP contribution < -0.4 is 5.59 Å². The van der Waals surface area contributed by atoms with Crippen LogP contribution in [0.25, 0.3) is 0 Å². The Morgan fingerprint density at radius 3 is 2.27 bits per heavy atom. The molecule has 1 heterocycles. The molecule has 0 bridgehead atoms. The average Bonchev–Trinajstić information content (AvgIpc) is 2.08. The summed E-state index contributed by atoms with van der Waals surface area (Å²) in [7, 11) is 1.20. The van der Waals surface area contributed by atoms with Gasteiger partial charge in [0.05, 0.1) is 11.2 Å². The fourth-order valence-corrected chi connectivity index (χ4v) is 1.08. The number of halogens is 4. The van der Waals surface area contributed by atoms with Gasteiger partial charge in [-0.3, -0.25) is 0 Å². The van der Waals surface area contributed by atoms with E-state index in [1.165, 1.54) is 7.05 Å². The lowest BCUT2D eigenvalue weighted by molar-refractivity contribution is 0.493. The van der Waals surface area contributed by atoms with Crippen LogP contribution in [-0.4, -0.2) is 16.8 Å². The van der Waals surface area contributed by atoms with Crippen LogP contribution in [-0.2, 0) is 7.05 Å². The first-order valence-corrected chi connectivity index (χ1v) is 3.18. The fraction of sp³-hybridized carbons (Fsp3) is 0.250. The highest BCUT2D eigenvalue weighted by Crippen LogP contribution is 2.14. The van der Waals surface area contributed by atoms with Crippen LogP contribution in [0.2, 0.25) is 5.02 Å². The summed E-state index contributed by atoms with van der Waals surface area (Å²) in [5.74, 6) is 0. The lowest BCUT2D eigenvalue weighted by atomic mass is 9.86. The topological polar surface area (TPSA) is 17.8 Å². The molecular formula is C4H4BClF3N2-. The Kier molecular flexibility index (Phi) is 1.88. The Morgan fingerprint density at radius 1 is 1.55 bits per heavy atom. The number of aromatic nitrogens is 2. The van der Waals surface area contributed by atoms with Crippen molar-refractivity contribution in [3.63, 3.8) is 0 Å². The molecule has 0 fully saturated rings. The standard InChI is InChI=1S/C4H4BClF3N2/c1-11-4(5(7,8)9)3(6)2-10-11/h2H,1H3/q-1. The van der Waals surface area contributed by atoms with Crippen LogP contribution in [0, 0.1) is 0 Å². The molecule has 0 amide bonds. The van der Waals surface area contributed by atoms with E-state index in [0.29, 0.717) is 0 Å². The predicted molar refractivity (Wildman–Crippen MR) is 36.9 cm³/mol. The van der Waals surface area contributed by atoms with Crippen LogP contribution in [0.15, 0.2) is 6.20 Å². The SMILES string of the molecule is Cn1ncc(Cl)c1[B-](F)(F)F. The summed E-state index contributed by atoms with van der Waals surface area (Å²) in [6.07, 6.45) is 0.978. The molecule has 0 saturated carbocycles. The van der Waals surface area contributed by atoms with Crippen LogP contribution in [0.5, 0.6) is 0 Å². The van der Waals surface area contributed by atoms with Gasteiger partial charge in [-0.2, -0.15) is 5.10 Å². The van der Waals surface area contributed by atoms with E-state index in [-0.39, 0.29) is 5.02 Å². The molecule has 2 nitrogen and oxygen atoms in total. The zero-order valence-electron chi connectivity index (χ0n) is 5.56. The van der Waals surface area contributed by atoms with Crippen LogP contribution >= 0.6 is 11.6 Å². The first-order chi connectivity index (χ1) is 4.93. The van der Waals surface area contributed by atoms with Gasteiger partial charge in [0, 0.05) is 7.05 Å². The van der Waals surface area contributed by atoms with Gasteiger partial charge in [-0.25, -0.2) is 0 Å². The van der Waals surface area contributed by atoms with Gasteiger partial charge in [-0.1, -0.05) is 11.6 Å². The summed E-state index contributed by atoms with van der Waals surface area (Å²) in [4.78, 5) is 0. The molecule has 0 aliphatic carbocycles. The number of hydrogen-bond donors (Lipinski definition) is 0. The fourth-order valence-electron chi connectivity index (χ4n) is 0.788. The van der Waals surface area contributed by atoms with E-state index in [1.54, 1.807) is 0 Å². The van der Waals surface area contributed by atoms with Crippen molar-refractivity contribution >= 4 is 24.2 Å². The molecule has 0 atom stereocenters. The van der Waals surface area contributed by atoms with Gasteiger partial charge in [-0.15, -0.1) is 0 Å². The quantitative estimate of drug-likeness (QED) is 0.597. The van der Waals surface area contributed by atoms with Gasteiger partial charge in [0.2, 0.25) is 0 Å². The second-order valence-corrected chi connectivity index (χ2v) is 2.48. The molecule has 0 spiro atoms. The van der Waals surface area contributed by atoms with Gasteiger partial charge in [0.1, 0.15) is 0 Å². The van der Waals surface area contributed by atoms with E-state index in [1.807, 2.05) is 0 Å². The van der Waals surface area contributed by atoms with Gasteiger partial charge < -0.3 is 17.6 Å². The Hall–Kier alpha value is -0.645. The maximum Gasteiger partial charge on any atom is 0.528 e. The minimum atomic E-state index is -5.05. The largest absolute Gasteiger partial charge is 0.528 e. The third-order valence-electron chi connectivity index (χ3n) is 1.25. The molecule has 0 radical (unpaired) electrons. The van der Waals surface area contributed by atoms with Gasteiger partial charge >= 0.3 is 6.98 Å². The predicted octanol–water partition coefficient (Wildman–Crippen LogP) is 1.13. The third kappa shape index (κ3) is 1.50. The first-order valence-electron chi connectivity index (χ1n) is 2.80. The monoisotopic (exact) mass is 183 g/mol. The van der Waals surface area contributed by atoms with E-state index < -0.39 is 12.6 Å². The van der Waals surface area contributed by atoms with Crippen LogP contribution in [0.3, 0.4) is 0 Å². The van der Waals surface area contributed by atoms with Crippen LogP contribution in [0.4, 0.5) is 12.9 Å². The minimum absolute atomic E-state index is 0.347. The lowest BCUT2D eigenvalue weighted by Crippen LogP contribution is -2.40. The molecule has 0 aliphatic rings. The molecule has 1 aromatic heterocycles. The van der Waals surface area contributed by atoms with Gasteiger partial charge in [0.15, 0.2) is 0 Å². The Balaban J connectivity index is 3.21. The van der Waals surface area contributed by atoms with E-state index in [9.17, 15) is 12.9 Å². The molecule has 1 aromatic rings. The molecule has 0 unspecified atom stereocenters. The summed E-state index contributed by atoms with van der Waals surface area (Å²) in [5, 5.41) is 3.02. The molecule has 7 heteroatoms. The second kappa shape index (κ2) is 2.44. The highest BCUT2D eigenvalue weighted by Gasteiger charge is 2.31. The van der Waals surface area contributed by atoms with Crippen molar-refractivity contribution in [1.82, 2.24) is 9.78 Å². The van der Waals surface area contributed by atoms with Crippen molar-refractivity contribution in [3.8, 4) is 0 Å². The highest BCUT2D eigenvalue weighted by atomic mass is 35.5. The number of hydrogen-bond acceptors (Lipinski definition) is 1. The third-order valence-corrected chi connectivity index (χ3v) is 1.54. The second-order valence-electron chi connectivity index (χ2n) is 2.08. The summed E-state index contributed by atoms with van der Waals surface area (Å²) < 4.78 is 36.9. The van der Waals surface area contributed by atoms with Crippen molar-refractivity contribution in [2.24, 2.45) is 7.05 Å². The maximum absolute atomic E-state index is 12.1. The van der Waals surface area contributed by atoms with Crippen molar-refractivity contribution < 1.29 is 12.9 Å². The highest BCUT2D eigenvalue weighted by molar-refractivity contribution is 6.75. The molecule has 0 aliphatic heterocycles. The Bertz CT molecular complexity index is 249. The summed E-state index contributed by atoms with van der Waals surface area (Å²) >= 11 is 5.24. The molecular weight excluding hydrogens is 179 g/mol. The van der Waals surface area contributed by atoms with E-state index in [4.69, 9.17) is 11.6 Å². The first kappa shape index (κ1) is 8.45. The smallest absolute Gasteiger partial charge is 0.444 e. The molecule has 0 aromatic carbocycles. The number of nitrogens with zero attached hydrogens (tertiary/aromatic N) is 2. The van der Waals surface area contributed by atoms with E-state index >= 15 is 0 Å². The minimum Gasteiger partial charge on any atom is -0.444 e. The molecule has 1 rings (SSSR count). The zero-order chi connectivity index (χ0) is 8.65. The molecule has 0 saturated heterocycles. The molecule has 11 heavy (non-hydrogen) atoms. The van der Waals surface area contributed by atoms with E-state index in [2.05, 4.69) is 5.10 Å². The zero-order valence-corrected chi connectivity index (χ0v) is 6.32. The normalized spacial score (nSPS) is 12.1. The average molecular weight is 183 g/mol. The van der Waals surface area contributed by atoms with Crippen molar-refractivity contribution in [2.75, 3.05) is 0 Å². The van der Waals surface area contributed by atoms with Crippen molar-refractivity contribution in [3.05, 3.63) is 11.2 Å². The summed E-state index contributed by atoms with van der Waals surface area (Å²) in [5.41, 5.74) is -0.855. The summed E-state index contributed by atoms with van der Waals surface area (Å²) in [6.45, 7) is -5.05. The maximum atomic E-state index is 12.1. The van der Waals surface area contributed by atoms with Crippen LogP contribution in [0.1, 0.15) is 0 Å².